The molecule has 96 valence electrons. The summed E-state index contributed by atoms with van der Waals surface area (Å²) in [6.07, 6.45) is 4.58. The molecule has 1 rings (SSSR count). The van der Waals surface area contributed by atoms with Crippen molar-refractivity contribution >= 4 is 5.96 Å². The molecule has 0 aliphatic heterocycles. The van der Waals surface area contributed by atoms with Gasteiger partial charge in [0.15, 0.2) is 5.96 Å². The number of unbranched alkanes of at least 4 members (excludes halogenated alkanes) is 1. The van der Waals surface area contributed by atoms with Crippen LogP contribution in [0.15, 0.2) is 17.4 Å². The molecule has 17 heavy (non-hydrogen) atoms. The number of nitrogens with two attached hydrogens (primary N) is 1. The molecule has 0 saturated carbocycles. The molecule has 1 aromatic rings. The fourth-order valence-electron chi connectivity index (χ4n) is 1.25. The van der Waals surface area contributed by atoms with E-state index in [0.717, 1.165) is 24.0 Å². The first-order chi connectivity index (χ1) is 8.15. The smallest absolute Gasteiger partial charge is 0.319 e. The molecule has 3 N–H and O–H groups in total. The van der Waals surface area contributed by atoms with Crippen LogP contribution in [0.1, 0.15) is 32.1 Å². The molecule has 0 aliphatic rings. The number of alkyl halides is 2. The molecule has 1 aromatic heterocycles. The van der Waals surface area contributed by atoms with Crippen LogP contribution in [0.2, 0.25) is 0 Å². The van der Waals surface area contributed by atoms with Crippen molar-refractivity contribution in [2.45, 2.75) is 32.9 Å². The second-order valence-corrected chi connectivity index (χ2v) is 3.51. The van der Waals surface area contributed by atoms with E-state index in [1.54, 1.807) is 0 Å². The third-order valence-corrected chi connectivity index (χ3v) is 2.19. The minimum absolute atomic E-state index is 0.0439. The van der Waals surface area contributed by atoms with Crippen LogP contribution < -0.4 is 11.1 Å². The van der Waals surface area contributed by atoms with Crippen molar-refractivity contribution in [3.63, 3.8) is 0 Å². The number of guanidine groups is 1. The standard InChI is InChI=1S/C10H17F2N5/c1-2-3-4-15-10(13)16-7-8-14-5-6-17(8)9(11)12/h5-6,9H,2-4,7H2,1H3,(H3,13,15,16). The Labute approximate surface area is 98.7 Å². The van der Waals surface area contributed by atoms with Gasteiger partial charge in [-0.2, -0.15) is 8.78 Å². The molecule has 5 nitrogen and oxygen atoms in total. The summed E-state index contributed by atoms with van der Waals surface area (Å²) in [6, 6.07) is 0. The molecular formula is C10H17F2N5. The topological polar surface area (TPSA) is 68.2 Å². The monoisotopic (exact) mass is 245 g/mol. The summed E-state index contributed by atoms with van der Waals surface area (Å²) in [5.74, 6) is 0.447. The van der Waals surface area contributed by atoms with Crippen molar-refractivity contribution < 1.29 is 8.78 Å². The van der Waals surface area contributed by atoms with E-state index in [4.69, 9.17) is 5.73 Å². The highest BCUT2D eigenvalue weighted by atomic mass is 19.3. The minimum atomic E-state index is -2.60. The van der Waals surface area contributed by atoms with Gasteiger partial charge in [0.2, 0.25) is 0 Å². The summed E-state index contributed by atoms with van der Waals surface area (Å²) in [7, 11) is 0. The first-order valence-corrected chi connectivity index (χ1v) is 5.48. The number of nitrogens with zero attached hydrogens (tertiary/aromatic N) is 3. The number of rotatable bonds is 6. The maximum absolute atomic E-state index is 12.5. The van der Waals surface area contributed by atoms with Crippen LogP contribution in [0.4, 0.5) is 8.78 Å². The van der Waals surface area contributed by atoms with Gasteiger partial charge in [-0.05, 0) is 6.42 Å². The van der Waals surface area contributed by atoms with Gasteiger partial charge in [0.1, 0.15) is 12.4 Å². The van der Waals surface area contributed by atoms with Crippen molar-refractivity contribution in [2.75, 3.05) is 6.54 Å². The Balaban J connectivity index is 2.48. The molecule has 0 aromatic carbocycles. The van der Waals surface area contributed by atoms with Gasteiger partial charge >= 0.3 is 6.55 Å². The van der Waals surface area contributed by atoms with Gasteiger partial charge in [-0.25, -0.2) is 9.98 Å². The molecule has 0 spiro atoms. The second-order valence-electron chi connectivity index (χ2n) is 3.51. The number of aromatic nitrogens is 2. The largest absolute Gasteiger partial charge is 0.370 e. The average Bonchev–Trinajstić information content (AvgIpc) is 2.75. The lowest BCUT2D eigenvalue weighted by Gasteiger charge is -2.06. The zero-order valence-electron chi connectivity index (χ0n) is 9.74. The fourth-order valence-corrected chi connectivity index (χ4v) is 1.25. The van der Waals surface area contributed by atoms with Gasteiger partial charge in [-0.15, -0.1) is 0 Å². The maximum Gasteiger partial charge on any atom is 0.319 e. The highest BCUT2D eigenvalue weighted by molar-refractivity contribution is 5.77. The van der Waals surface area contributed by atoms with E-state index in [0.29, 0.717) is 0 Å². The fraction of sp³-hybridized carbons (Fsp3) is 0.600. The molecule has 0 radical (unpaired) electrons. The first kappa shape index (κ1) is 13.4. The third kappa shape index (κ3) is 4.38. The highest BCUT2D eigenvalue weighted by Gasteiger charge is 2.10. The third-order valence-electron chi connectivity index (χ3n) is 2.19. The summed E-state index contributed by atoms with van der Waals surface area (Å²) in [6.45, 7) is 0.239. The molecule has 0 amide bonds. The van der Waals surface area contributed by atoms with Crippen LogP contribution in [0.3, 0.4) is 0 Å². The maximum atomic E-state index is 12.5. The molecular weight excluding hydrogens is 228 g/mol. The van der Waals surface area contributed by atoms with E-state index in [2.05, 4.69) is 22.2 Å². The Kier molecular flexibility index (Phi) is 5.38. The number of halogens is 2. The van der Waals surface area contributed by atoms with Crippen LogP contribution in [-0.4, -0.2) is 22.1 Å². The minimum Gasteiger partial charge on any atom is -0.370 e. The zero-order valence-corrected chi connectivity index (χ0v) is 9.74. The first-order valence-electron chi connectivity index (χ1n) is 5.48. The molecule has 0 saturated heterocycles. The molecule has 0 aliphatic carbocycles. The van der Waals surface area contributed by atoms with Gasteiger partial charge in [0.25, 0.3) is 0 Å². The van der Waals surface area contributed by atoms with E-state index in [1.165, 1.54) is 12.4 Å². The predicted molar refractivity (Wildman–Crippen MR) is 61.7 cm³/mol. The summed E-state index contributed by atoms with van der Waals surface area (Å²) < 4.78 is 25.7. The van der Waals surface area contributed by atoms with Gasteiger partial charge in [-0.1, -0.05) is 13.3 Å². The lowest BCUT2D eigenvalue weighted by molar-refractivity contribution is 0.0671. The van der Waals surface area contributed by atoms with Crippen molar-refractivity contribution in [3.05, 3.63) is 18.2 Å². The quantitative estimate of drug-likeness (QED) is 0.453. The molecule has 7 heteroatoms. The van der Waals surface area contributed by atoms with Crippen molar-refractivity contribution in [1.82, 2.24) is 14.9 Å². The normalized spacial score (nSPS) is 12.1. The molecule has 0 bridgehead atoms. The zero-order chi connectivity index (χ0) is 12.7. The van der Waals surface area contributed by atoms with Crippen LogP contribution in [0.5, 0.6) is 0 Å². The van der Waals surface area contributed by atoms with Gasteiger partial charge in [0, 0.05) is 18.9 Å². The predicted octanol–water partition coefficient (Wildman–Crippen LogP) is 1.48. The Morgan fingerprint density at radius 2 is 2.41 bits per heavy atom. The van der Waals surface area contributed by atoms with E-state index in [9.17, 15) is 8.78 Å². The summed E-state index contributed by atoms with van der Waals surface area (Å²) >= 11 is 0. The summed E-state index contributed by atoms with van der Waals surface area (Å²) in [4.78, 5) is 7.75. The lowest BCUT2D eigenvalue weighted by atomic mass is 10.3. The Hall–Kier alpha value is -1.66. The van der Waals surface area contributed by atoms with E-state index in [1.807, 2.05) is 0 Å². The average molecular weight is 245 g/mol. The number of aliphatic imine (C=N–C) groups is 1. The van der Waals surface area contributed by atoms with Crippen molar-refractivity contribution in [2.24, 2.45) is 10.7 Å². The number of hydrogen-bond acceptors (Lipinski definition) is 2. The van der Waals surface area contributed by atoms with Gasteiger partial charge in [-0.3, -0.25) is 4.57 Å². The Morgan fingerprint density at radius 3 is 3.06 bits per heavy atom. The lowest BCUT2D eigenvalue weighted by Crippen LogP contribution is -2.32. The van der Waals surface area contributed by atoms with Crippen LogP contribution >= 0.6 is 0 Å². The number of imidazole rings is 1. The Morgan fingerprint density at radius 1 is 1.65 bits per heavy atom. The second kappa shape index (κ2) is 6.82. The van der Waals surface area contributed by atoms with Crippen LogP contribution in [-0.2, 0) is 6.54 Å². The molecule has 1 heterocycles. The van der Waals surface area contributed by atoms with Crippen molar-refractivity contribution in [3.8, 4) is 0 Å². The number of hydrogen-bond donors (Lipinski definition) is 2. The highest BCUT2D eigenvalue weighted by Crippen LogP contribution is 2.12. The van der Waals surface area contributed by atoms with Crippen LogP contribution in [0.25, 0.3) is 0 Å². The molecule has 0 atom stereocenters. The summed E-state index contributed by atoms with van der Waals surface area (Å²) in [5, 5.41) is 2.90. The SMILES string of the molecule is CCCCNC(N)=NCc1nccn1C(F)F. The van der Waals surface area contributed by atoms with Crippen LogP contribution in [0, 0.1) is 0 Å². The van der Waals surface area contributed by atoms with E-state index >= 15 is 0 Å². The van der Waals surface area contributed by atoms with Crippen molar-refractivity contribution in [1.29, 1.82) is 0 Å². The Bertz CT molecular complexity index is 361. The molecule has 0 fully saturated rings. The van der Waals surface area contributed by atoms with Gasteiger partial charge in [0.05, 0.1) is 0 Å². The van der Waals surface area contributed by atoms with E-state index in [-0.39, 0.29) is 18.3 Å². The van der Waals surface area contributed by atoms with E-state index < -0.39 is 6.55 Å². The number of nitrogens with one attached hydrogen (secondary N) is 1. The van der Waals surface area contributed by atoms with Gasteiger partial charge < -0.3 is 11.1 Å². The molecule has 0 unspecified atom stereocenters. The summed E-state index contributed by atoms with van der Waals surface area (Å²) in [5.41, 5.74) is 5.57.